The van der Waals surface area contributed by atoms with Crippen molar-refractivity contribution in [1.82, 2.24) is 0 Å². The Morgan fingerprint density at radius 1 is 0.655 bits per heavy atom. The van der Waals surface area contributed by atoms with E-state index in [1.807, 2.05) is 18.2 Å². The molecule has 152 valence electrons. The molecule has 1 heterocycles. The van der Waals surface area contributed by atoms with Crippen LogP contribution in [0.2, 0.25) is 0 Å². The SMILES string of the molecule is CC[n+]1cc2cc(OC)c(OC)cc2c2ccc3cc(OC)c(OC)cc3c21.[I-]. The number of benzene rings is 3. The number of hydrogen-bond donors (Lipinski definition) is 0. The summed E-state index contributed by atoms with van der Waals surface area (Å²) in [5.74, 6) is 2.89. The molecule has 0 aliphatic heterocycles. The van der Waals surface area contributed by atoms with Gasteiger partial charge in [-0.1, -0.05) is 6.07 Å². The summed E-state index contributed by atoms with van der Waals surface area (Å²) < 4.78 is 24.3. The number of ether oxygens (including phenoxy) is 4. The lowest BCUT2D eigenvalue weighted by molar-refractivity contribution is -0.665. The van der Waals surface area contributed by atoms with Crippen molar-refractivity contribution in [3.05, 3.63) is 42.6 Å². The van der Waals surface area contributed by atoms with Gasteiger partial charge < -0.3 is 42.9 Å². The molecular formula is C23H24INO4. The lowest BCUT2D eigenvalue weighted by Gasteiger charge is -2.13. The van der Waals surface area contributed by atoms with Crippen LogP contribution in [0.1, 0.15) is 6.92 Å². The smallest absolute Gasteiger partial charge is 0.221 e. The zero-order chi connectivity index (χ0) is 19.8. The maximum Gasteiger partial charge on any atom is 0.221 e. The summed E-state index contributed by atoms with van der Waals surface area (Å²) >= 11 is 0. The second-order valence-corrected chi connectivity index (χ2v) is 6.60. The molecule has 4 rings (SSSR count). The van der Waals surface area contributed by atoms with Crippen LogP contribution in [0.4, 0.5) is 0 Å². The molecule has 6 heteroatoms. The van der Waals surface area contributed by atoms with Crippen LogP contribution in [-0.2, 0) is 6.54 Å². The van der Waals surface area contributed by atoms with E-state index in [-0.39, 0.29) is 24.0 Å². The fraction of sp³-hybridized carbons (Fsp3) is 0.261. The first-order valence-corrected chi connectivity index (χ1v) is 9.21. The van der Waals surface area contributed by atoms with Crippen molar-refractivity contribution in [3.63, 3.8) is 0 Å². The standard InChI is InChI=1S/C23H24NO4.HI/c1-6-24-13-15-10-20(26-3)21(27-4)11-17(15)16-8-7-14-9-19(25-2)22(28-5)12-18(14)23(16)24;/h7-13H,6H2,1-5H3;1H/q+1;/p-1. The van der Waals surface area contributed by atoms with E-state index in [1.165, 1.54) is 0 Å². The van der Waals surface area contributed by atoms with E-state index in [0.29, 0.717) is 0 Å². The van der Waals surface area contributed by atoms with Crippen LogP contribution < -0.4 is 47.5 Å². The lowest BCUT2D eigenvalue weighted by atomic mass is 10.00. The number of rotatable bonds is 5. The summed E-state index contributed by atoms with van der Waals surface area (Å²) in [6.45, 7) is 2.99. The molecule has 3 aromatic carbocycles. The molecule has 1 aromatic heterocycles. The third-order valence-electron chi connectivity index (χ3n) is 5.26. The molecule has 0 fully saturated rings. The van der Waals surface area contributed by atoms with Gasteiger partial charge in [-0.2, -0.15) is 4.57 Å². The Bertz CT molecular complexity index is 1210. The molecule has 0 spiro atoms. The maximum absolute atomic E-state index is 5.55. The fourth-order valence-corrected chi connectivity index (χ4v) is 3.88. The summed E-state index contributed by atoms with van der Waals surface area (Å²) in [6, 6.07) is 12.4. The monoisotopic (exact) mass is 505 g/mol. The Hall–Kier alpha value is -2.48. The fourth-order valence-electron chi connectivity index (χ4n) is 3.88. The van der Waals surface area contributed by atoms with Gasteiger partial charge in [0.15, 0.2) is 29.2 Å². The first-order valence-electron chi connectivity index (χ1n) is 9.21. The molecule has 0 radical (unpaired) electrons. The number of methoxy groups -OCH3 is 4. The molecule has 29 heavy (non-hydrogen) atoms. The van der Waals surface area contributed by atoms with Gasteiger partial charge in [-0.25, -0.2) is 0 Å². The van der Waals surface area contributed by atoms with E-state index in [1.54, 1.807) is 28.4 Å². The normalized spacial score (nSPS) is 10.8. The third kappa shape index (κ3) is 3.39. The topological polar surface area (TPSA) is 40.8 Å². The molecule has 0 aliphatic rings. The largest absolute Gasteiger partial charge is 1.00 e. The van der Waals surface area contributed by atoms with Crippen molar-refractivity contribution in [2.45, 2.75) is 13.5 Å². The first kappa shape index (κ1) is 21.2. The van der Waals surface area contributed by atoms with Gasteiger partial charge in [0.05, 0.1) is 44.6 Å². The highest BCUT2D eigenvalue weighted by Crippen LogP contribution is 2.39. The first-order chi connectivity index (χ1) is 13.6. The second kappa shape index (κ2) is 8.49. The van der Waals surface area contributed by atoms with Crippen LogP contribution in [0.3, 0.4) is 0 Å². The molecule has 0 bridgehead atoms. The number of pyridine rings is 1. The van der Waals surface area contributed by atoms with E-state index in [2.05, 4.69) is 35.9 Å². The number of fused-ring (bicyclic) bond motifs is 5. The van der Waals surface area contributed by atoms with Crippen LogP contribution >= 0.6 is 0 Å². The van der Waals surface area contributed by atoms with Crippen molar-refractivity contribution >= 4 is 32.4 Å². The van der Waals surface area contributed by atoms with Gasteiger partial charge in [0.25, 0.3) is 0 Å². The van der Waals surface area contributed by atoms with Gasteiger partial charge >= 0.3 is 0 Å². The minimum absolute atomic E-state index is 0. The van der Waals surface area contributed by atoms with Crippen LogP contribution in [0.5, 0.6) is 23.0 Å². The zero-order valence-corrected chi connectivity index (χ0v) is 19.4. The summed E-state index contributed by atoms with van der Waals surface area (Å²) in [5, 5.41) is 5.60. The number of nitrogens with zero attached hydrogens (tertiary/aromatic N) is 1. The van der Waals surface area contributed by atoms with Crippen LogP contribution in [0, 0.1) is 0 Å². The van der Waals surface area contributed by atoms with Crippen molar-refractivity contribution < 1.29 is 47.5 Å². The summed E-state index contributed by atoms with van der Waals surface area (Å²) in [4.78, 5) is 0. The molecule has 0 atom stereocenters. The quantitative estimate of drug-likeness (QED) is 0.234. The molecule has 0 unspecified atom stereocenters. The Kier molecular flexibility index (Phi) is 6.21. The lowest BCUT2D eigenvalue weighted by Crippen LogP contribution is -3.00. The van der Waals surface area contributed by atoms with E-state index in [4.69, 9.17) is 18.9 Å². The Morgan fingerprint density at radius 2 is 1.17 bits per heavy atom. The molecule has 0 saturated heterocycles. The molecule has 0 aliphatic carbocycles. The van der Waals surface area contributed by atoms with Crippen molar-refractivity contribution in [2.75, 3.05) is 28.4 Å². The Balaban J connectivity index is 0.00000240. The van der Waals surface area contributed by atoms with E-state index in [0.717, 1.165) is 62.0 Å². The molecule has 0 N–H and O–H groups in total. The van der Waals surface area contributed by atoms with Crippen LogP contribution in [0.15, 0.2) is 42.6 Å². The number of hydrogen-bond acceptors (Lipinski definition) is 4. The van der Waals surface area contributed by atoms with E-state index >= 15 is 0 Å². The number of aromatic nitrogens is 1. The van der Waals surface area contributed by atoms with Crippen molar-refractivity contribution in [3.8, 4) is 23.0 Å². The minimum atomic E-state index is 0. The third-order valence-corrected chi connectivity index (χ3v) is 5.26. The van der Waals surface area contributed by atoms with Gasteiger partial charge in [-0.3, -0.25) is 0 Å². The highest BCUT2D eigenvalue weighted by atomic mass is 127. The zero-order valence-electron chi connectivity index (χ0n) is 17.2. The molecule has 4 aromatic rings. The van der Waals surface area contributed by atoms with Crippen LogP contribution in [0.25, 0.3) is 32.4 Å². The van der Waals surface area contributed by atoms with Crippen molar-refractivity contribution in [2.24, 2.45) is 0 Å². The second-order valence-electron chi connectivity index (χ2n) is 6.60. The molecule has 0 amide bonds. The number of aryl methyl sites for hydroxylation is 1. The summed E-state index contributed by atoms with van der Waals surface area (Å²) in [6.07, 6.45) is 2.16. The molecule has 5 nitrogen and oxygen atoms in total. The highest BCUT2D eigenvalue weighted by Gasteiger charge is 2.19. The molecular weight excluding hydrogens is 481 g/mol. The number of halogens is 1. The average molecular weight is 505 g/mol. The molecule has 0 saturated carbocycles. The van der Waals surface area contributed by atoms with E-state index < -0.39 is 0 Å². The minimum Gasteiger partial charge on any atom is -1.00 e. The van der Waals surface area contributed by atoms with Gasteiger partial charge in [0.1, 0.15) is 6.54 Å². The Morgan fingerprint density at radius 3 is 1.72 bits per heavy atom. The van der Waals surface area contributed by atoms with Gasteiger partial charge in [-0.05, 0) is 42.6 Å². The average Bonchev–Trinajstić information content (AvgIpc) is 2.75. The maximum atomic E-state index is 5.55. The van der Waals surface area contributed by atoms with Gasteiger partial charge in [-0.15, -0.1) is 0 Å². The summed E-state index contributed by atoms with van der Waals surface area (Å²) in [7, 11) is 6.64. The van der Waals surface area contributed by atoms with Gasteiger partial charge in [0.2, 0.25) is 5.52 Å². The summed E-state index contributed by atoms with van der Waals surface area (Å²) in [5.41, 5.74) is 1.15. The van der Waals surface area contributed by atoms with E-state index in [9.17, 15) is 0 Å². The van der Waals surface area contributed by atoms with Crippen molar-refractivity contribution in [1.29, 1.82) is 0 Å². The van der Waals surface area contributed by atoms with Crippen LogP contribution in [-0.4, -0.2) is 28.4 Å². The predicted molar refractivity (Wildman–Crippen MR) is 111 cm³/mol. The predicted octanol–water partition coefficient (Wildman–Crippen LogP) is 1.49. The van der Waals surface area contributed by atoms with Gasteiger partial charge in [0, 0.05) is 5.39 Å². The Labute approximate surface area is 187 Å². The highest BCUT2D eigenvalue weighted by molar-refractivity contribution is 6.14.